The summed E-state index contributed by atoms with van der Waals surface area (Å²) in [5, 5.41) is 0.410. The number of benzene rings is 1. The van der Waals surface area contributed by atoms with Crippen molar-refractivity contribution in [3.05, 3.63) is 33.8 Å². The van der Waals surface area contributed by atoms with Gasteiger partial charge in [0, 0.05) is 10.6 Å². The Hall–Kier alpha value is -1.11. The first-order valence-corrected chi connectivity index (χ1v) is 8.08. The van der Waals surface area contributed by atoms with Gasteiger partial charge in [-0.25, -0.2) is 8.42 Å². The topological polar surface area (TPSA) is 77.5 Å². The molecule has 0 amide bonds. The number of Topliss-reactive ketones (excluding diaryl/α,β-unsaturated/α-hetero) is 1. The maximum Gasteiger partial charge on any atom is 0.306 e. The fourth-order valence-electron chi connectivity index (χ4n) is 1.40. The molecule has 0 bridgehead atoms. The lowest BCUT2D eigenvalue weighted by Crippen LogP contribution is -2.21. The molecule has 0 aromatic heterocycles. The summed E-state index contributed by atoms with van der Waals surface area (Å²) in [6, 6.07) is 4.21. The van der Waals surface area contributed by atoms with E-state index >= 15 is 0 Å². The van der Waals surface area contributed by atoms with Crippen LogP contribution in [0.15, 0.2) is 18.2 Å². The molecule has 0 atom stereocenters. The third kappa shape index (κ3) is 5.11. The second-order valence-electron chi connectivity index (χ2n) is 3.97. The summed E-state index contributed by atoms with van der Waals surface area (Å²) in [4.78, 5) is 22.8. The fourth-order valence-corrected chi connectivity index (χ4v) is 2.97. The normalized spacial score (nSPS) is 11.2. The molecule has 8 heteroatoms. The molecule has 0 fully saturated rings. The summed E-state index contributed by atoms with van der Waals surface area (Å²) >= 11 is 11.6. The van der Waals surface area contributed by atoms with Crippen LogP contribution in [-0.2, 0) is 19.4 Å². The highest BCUT2D eigenvalue weighted by Gasteiger charge is 2.21. The monoisotopic (exact) mass is 338 g/mol. The predicted molar refractivity (Wildman–Crippen MR) is 76.1 cm³/mol. The van der Waals surface area contributed by atoms with Crippen LogP contribution in [0.4, 0.5) is 0 Å². The van der Waals surface area contributed by atoms with E-state index in [0.29, 0.717) is 0 Å². The zero-order chi connectivity index (χ0) is 15.3. The minimum absolute atomic E-state index is 0.0424. The molecule has 0 spiro atoms. The summed E-state index contributed by atoms with van der Waals surface area (Å²) in [6.07, 6.45) is -0.296. The molecule has 0 aliphatic heterocycles. The number of ketones is 1. The molecule has 0 aliphatic rings. The van der Waals surface area contributed by atoms with Gasteiger partial charge in [0.1, 0.15) is 5.75 Å². The van der Waals surface area contributed by atoms with Crippen LogP contribution >= 0.6 is 23.2 Å². The maximum absolute atomic E-state index is 11.9. The van der Waals surface area contributed by atoms with Crippen molar-refractivity contribution in [3.8, 4) is 0 Å². The van der Waals surface area contributed by atoms with Crippen LogP contribution in [0.5, 0.6) is 0 Å². The number of carbonyl (C=O) groups is 2. The molecule has 0 saturated carbocycles. The van der Waals surface area contributed by atoms with E-state index in [1.165, 1.54) is 18.2 Å². The Bertz CT molecular complexity index is 625. The van der Waals surface area contributed by atoms with Crippen molar-refractivity contribution < 1.29 is 22.7 Å². The molecule has 5 nitrogen and oxygen atoms in total. The van der Waals surface area contributed by atoms with Crippen molar-refractivity contribution in [1.82, 2.24) is 0 Å². The van der Waals surface area contributed by atoms with Gasteiger partial charge < -0.3 is 4.74 Å². The second-order valence-corrected chi connectivity index (χ2v) is 6.99. The van der Waals surface area contributed by atoms with Crippen molar-refractivity contribution in [2.75, 3.05) is 18.6 Å². The van der Waals surface area contributed by atoms with Crippen LogP contribution in [0, 0.1) is 0 Å². The summed E-state index contributed by atoms with van der Waals surface area (Å²) in [7, 11) is -2.56. The Morgan fingerprint density at radius 2 is 1.90 bits per heavy atom. The van der Waals surface area contributed by atoms with E-state index in [1.54, 1.807) is 0 Å². The smallest absolute Gasteiger partial charge is 0.306 e. The minimum Gasteiger partial charge on any atom is -0.469 e. The van der Waals surface area contributed by atoms with Crippen LogP contribution in [0.2, 0.25) is 10.0 Å². The Balaban J connectivity index is 2.79. The minimum atomic E-state index is -3.72. The largest absolute Gasteiger partial charge is 0.469 e. The standard InChI is InChI=1S/C12H12Cl2O5S/c1-19-12(16)4-5-20(17,18)7-11(15)9-6-8(13)2-3-10(9)14/h2-3,6H,4-5,7H2,1H3. The molecular weight excluding hydrogens is 327 g/mol. The molecule has 0 heterocycles. The fraction of sp³-hybridized carbons (Fsp3) is 0.333. The molecule has 0 N–H and O–H groups in total. The molecule has 20 heavy (non-hydrogen) atoms. The molecule has 110 valence electrons. The maximum atomic E-state index is 11.9. The van der Waals surface area contributed by atoms with E-state index in [9.17, 15) is 18.0 Å². The number of rotatable bonds is 6. The van der Waals surface area contributed by atoms with Gasteiger partial charge in [-0.3, -0.25) is 9.59 Å². The van der Waals surface area contributed by atoms with E-state index < -0.39 is 33.1 Å². The average Bonchev–Trinajstić information content (AvgIpc) is 2.38. The lowest BCUT2D eigenvalue weighted by molar-refractivity contribution is -0.140. The van der Waals surface area contributed by atoms with Crippen molar-refractivity contribution in [2.24, 2.45) is 0 Å². The molecule has 0 radical (unpaired) electrons. The molecule has 0 saturated heterocycles. The van der Waals surface area contributed by atoms with Gasteiger partial charge >= 0.3 is 5.97 Å². The molecule has 1 aromatic rings. The molecule has 0 aliphatic carbocycles. The van der Waals surface area contributed by atoms with E-state index in [1.807, 2.05) is 0 Å². The van der Waals surface area contributed by atoms with E-state index in [-0.39, 0.29) is 22.0 Å². The first kappa shape index (κ1) is 16.9. The first-order valence-electron chi connectivity index (χ1n) is 5.50. The number of hydrogen-bond donors (Lipinski definition) is 0. The average molecular weight is 339 g/mol. The predicted octanol–water partition coefficient (Wildman–Crippen LogP) is 2.15. The first-order chi connectivity index (χ1) is 9.25. The number of esters is 1. The van der Waals surface area contributed by atoms with Gasteiger partial charge in [0.2, 0.25) is 0 Å². The van der Waals surface area contributed by atoms with Gasteiger partial charge in [0.05, 0.1) is 24.3 Å². The van der Waals surface area contributed by atoms with Gasteiger partial charge in [-0.1, -0.05) is 23.2 Å². The molecule has 1 rings (SSSR count). The number of halogens is 2. The zero-order valence-corrected chi connectivity index (χ0v) is 12.9. The Morgan fingerprint density at radius 1 is 1.25 bits per heavy atom. The number of hydrogen-bond acceptors (Lipinski definition) is 5. The van der Waals surface area contributed by atoms with Crippen molar-refractivity contribution in [1.29, 1.82) is 0 Å². The van der Waals surface area contributed by atoms with Gasteiger partial charge in [-0.2, -0.15) is 0 Å². The van der Waals surface area contributed by atoms with Crippen LogP contribution in [0.1, 0.15) is 16.8 Å². The van der Waals surface area contributed by atoms with Crippen LogP contribution in [0.3, 0.4) is 0 Å². The summed E-state index contributed by atoms with van der Waals surface area (Å²) in [6.45, 7) is 0. The number of ether oxygens (including phenoxy) is 1. The van der Waals surface area contributed by atoms with Crippen LogP contribution in [0.25, 0.3) is 0 Å². The van der Waals surface area contributed by atoms with Crippen molar-refractivity contribution in [3.63, 3.8) is 0 Å². The molecule has 0 unspecified atom stereocenters. The summed E-state index contributed by atoms with van der Waals surface area (Å²) < 4.78 is 27.8. The lowest BCUT2D eigenvalue weighted by Gasteiger charge is -2.05. The third-order valence-corrected chi connectivity index (χ3v) is 4.52. The zero-order valence-electron chi connectivity index (χ0n) is 10.6. The highest BCUT2D eigenvalue weighted by atomic mass is 35.5. The lowest BCUT2D eigenvalue weighted by atomic mass is 10.1. The van der Waals surface area contributed by atoms with Gasteiger partial charge in [-0.15, -0.1) is 0 Å². The number of carbonyl (C=O) groups excluding carboxylic acids is 2. The van der Waals surface area contributed by atoms with E-state index in [4.69, 9.17) is 23.2 Å². The van der Waals surface area contributed by atoms with E-state index in [0.717, 1.165) is 7.11 Å². The highest BCUT2D eigenvalue weighted by molar-refractivity contribution is 7.92. The number of methoxy groups -OCH3 is 1. The van der Waals surface area contributed by atoms with Gasteiger partial charge in [0.25, 0.3) is 0 Å². The van der Waals surface area contributed by atoms with Crippen molar-refractivity contribution in [2.45, 2.75) is 6.42 Å². The molecule has 1 aromatic carbocycles. The Morgan fingerprint density at radius 3 is 2.50 bits per heavy atom. The Kier molecular flexibility index (Phi) is 5.98. The van der Waals surface area contributed by atoms with Crippen LogP contribution in [-0.4, -0.2) is 38.8 Å². The van der Waals surface area contributed by atoms with Crippen molar-refractivity contribution >= 4 is 44.8 Å². The quantitative estimate of drug-likeness (QED) is 0.586. The second kappa shape index (κ2) is 7.06. The SMILES string of the molecule is COC(=O)CCS(=O)(=O)CC(=O)c1cc(Cl)ccc1Cl. The highest BCUT2D eigenvalue weighted by Crippen LogP contribution is 2.21. The van der Waals surface area contributed by atoms with Crippen LogP contribution < -0.4 is 0 Å². The number of sulfone groups is 1. The molecular formula is C12H12Cl2O5S. The Labute approximate surface area is 126 Å². The van der Waals surface area contributed by atoms with Gasteiger partial charge in [0.15, 0.2) is 15.6 Å². The van der Waals surface area contributed by atoms with E-state index in [2.05, 4.69) is 4.74 Å². The third-order valence-electron chi connectivity index (χ3n) is 2.42. The summed E-state index contributed by atoms with van der Waals surface area (Å²) in [5.74, 6) is -2.50. The van der Waals surface area contributed by atoms with Gasteiger partial charge in [-0.05, 0) is 18.2 Å². The summed E-state index contributed by atoms with van der Waals surface area (Å²) in [5.41, 5.74) is 0.0424.